The number of esters is 1. The summed E-state index contributed by atoms with van der Waals surface area (Å²) in [6.07, 6.45) is 0. The highest BCUT2D eigenvalue weighted by atomic mass is 127. The van der Waals surface area contributed by atoms with Crippen LogP contribution in [0, 0.1) is 3.57 Å². The Morgan fingerprint density at radius 3 is 2.50 bits per heavy atom. The number of alkyl halides is 3. The second-order valence-corrected chi connectivity index (χ2v) is 6.94. The molecular weight excluding hydrogens is 466 g/mol. The lowest BCUT2D eigenvalue weighted by atomic mass is 10.2. The van der Waals surface area contributed by atoms with E-state index in [-0.39, 0.29) is 26.8 Å². The fourth-order valence-electron chi connectivity index (χ4n) is 1.73. The number of rotatable bonds is 4. The predicted molar refractivity (Wildman–Crippen MR) is 86.0 cm³/mol. The Morgan fingerprint density at radius 1 is 1.29 bits per heavy atom. The maximum absolute atomic E-state index is 12.6. The van der Waals surface area contributed by atoms with Gasteiger partial charge in [-0.25, -0.2) is 9.78 Å². The molecule has 0 unspecified atom stereocenters. The zero-order valence-electron chi connectivity index (χ0n) is 11.9. The largest absolute Gasteiger partial charge is 0.534 e. The Labute approximate surface area is 148 Å². The van der Waals surface area contributed by atoms with Gasteiger partial charge in [-0.2, -0.15) is 21.6 Å². The number of carbonyl (C=O) groups excluding carboxylic acids is 1. The third-order valence-electron chi connectivity index (χ3n) is 2.73. The summed E-state index contributed by atoms with van der Waals surface area (Å²) in [5, 5.41) is 0.0165. The van der Waals surface area contributed by atoms with Gasteiger partial charge in [0.15, 0.2) is 11.4 Å². The normalized spacial score (nSPS) is 12.2. The fourth-order valence-corrected chi connectivity index (χ4v) is 3.11. The van der Waals surface area contributed by atoms with Crippen LogP contribution in [0.3, 0.4) is 0 Å². The van der Waals surface area contributed by atoms with Crippen LogP contribution in [-0.4, -0.2) is 31.5 Å². The van der Waals surface area contributed by atoms with Crippen molar-refractivity contribution in [3.05, 3.63) is 33.5 Å². The lowest BCUT2D eigenvalue weighted by molar-refractivity contribution is -0.0499. The Bertz CT molecular complexity index is 898. The summed E-state index contributed by atoms with van der Waals surface area (Å²) in [7, 11) is -5.90. The van der Waals surface area contributed by atoms with Gasteiger partial charge in [-0.05, 0) is 41.6 Å². The first-order valence-corrected chi connectivity index (χ1v) is 8.83. The second kappa shape index (κ2) is 6.70. The molecule has 0 saturated heterocycles. The van der Waals surface area contributed by atoms with E-state index in [1.807, 2.05) is 0 Å². The van der Waals surface area contributed by atoms with E-state index in [1.165, 1.54) is 53.8 Å². The molecule has 0 aliphatic carbocycles. The monoisotopic (exact) mass is 475 g/mol. The first-order chi connectivity index (χ1) is 11.1. The Hall–Kier alpha value is -1.63. The summed E-state index contributed by atoms with van der Waals surface area (Å²) in [5.41, 5.74) is -5.85. The molecule has 0 aliphatic rings. The molecular formula is C13H9F3INO5S. The molecule has 0 saturated carbocycles. The number of hydrogen-bond donors (Lipinski definition) is 0. The molecule has 2 rings (SSSR count). The van der Waals surface area contributed by atoms with E-state index >= 15 is 0 Å². The maximum Gasteiger partial charge on any atom is 0.534 e. The van der Waals surface area contributed by atoms with Crippen LogP contribution >= 0.6 is 22.6 Å². The van der Waals surface area contributed by atoms with Crippen molar-refractivity contribution in [2.24, 2.45) is 0 Å². The Kier molecular flexibility index (Phi) is 5.22. The third-order valence-corrected chi connectivity index (χ3v) is 4.69. The van der Waals surface area contributed by atoms with Crippen LogP contribution in [-0.2, 0) is 14.9 Å². The summed E-state index contributed by atoms with van der Waals surface area (Å²) in [6, 6.07) is 5.73. The van der Waals surface area contributed by atoms with Gasteiger partial charge < -0.3 is 8.92 Å². The summed E-state index contributed by atoms with van der Waals surface area (Å²) in [4.78, 5) is 15.9. The topological polar surface area (TPSA) is 82.6 Å². The van der Waals surface area contributed by atoms with Crippen molar-refractivity contribution in [3.8, 4) is 5.75 Å². The standard InChI is InChI=1S/C13H9F3INO5S/c1-2-22-12(19)10-9(17)11(23-24(20,21)13(14,15)16)7-5-3-4-6-8(7)18-10/h3-6H,2H2,1H3. The number of benzene rings is 1. The van der Waals surface area contributed by atoms with Crippen molar-refractivity contribution in [1.82, 2.24) is 4.98 Å². The molecule has 0 radical (unpaired) electrons. The quantitative estimate of drug-likeness (QED) is 0.293. The van der Waals surface area contributed by atoms with Crippen molar-refractivity contribution in [2.75, 3.05) is 6.61 Å². The van der Waals surface area contributed by atoms with Gasteiger partial charge in [-0.3, -0.25) is 0 Å². The number of hydrogen-bond acceptors (Lipinski definition) is 6. The van der Waals surface area contributed by atoms with Crippen LogP contribution in [0.2, 0.25) is 0 Å². The maximum atomic E-state index is 12.6. The average molecular weight is 475 g/mol. The smallest absolute Gasteiger partial charge is 0.461 e. The average Bonchev–Trinajstić information content (AvgIpc) is 2.48. The number of carbonyl (C=O) groups is 1. The number of nitrogens with zero attached hydrogens (tertiary/aromatic N) is 1. The van der Waals surface area contributed by atoms with Gasteiger partial charge in [0, 0.05) is 5.39 Å². The summed E-state index contributed by atoms with van der Waals surface area (Å²) >= 11 is 1.49. The van der Waals surface area contributed by atoms with E-state index in [0.717, 1.165) is 0 Å². The molecule has 1 aromatic heterocycles. The number of halogens is 4. The molecule has 0 atom stereocenters. The Morgan fingerprint density at radius 2 is 1.92 bits per heavy atom. The molecule has 11 heteroatoms. The number of fused-ring (bicyclic) bond motifs is 1. The highest BCUT2D eigenvalue weighted by Gasteiger charge is 2.49. The van der Waals surface area contributed by atoms with Gasteiger partial charge in [-0.15, -0.1) is 0 Å². The van der Waals surface area contributed by atoms with Crippen molar-refractivity contribution in [3.63, 3.8) is 0 Å². The number of para-hydroxylation sites is 1. The zero-order chi connectivity index (χ0) is 18.1. The number of ether oxygens (including phenoxy) is 1. The van der Waals surface area contributed by atoms with Gasteiger partial charge in [0.1, 0.15) is 0 Å². The van der Waals surface area contributed by atoms with Crippen LogP contribution in [0.5, 0.6) is 5.75 Å². The van der Waals surface area contributed by atoms with Crippen molar-refractivity contribution < 1.29 is 35.3 Å². The van der Waals surface area contributed by atoms with Crippen molar-refractivity contribution >= 4 is 49.6 Å². The van der Waals surface area contributed by atoms with Gasteiger partial charge in [-0.1, -0.05) is 12.1 Å². The van der Waals surface area contributed by atoms with Gasteiger partial charge >= 0.3 is 21.6 Å². The first kappa shape index (κ1) is 18.7. The predicted octanol–water partition coefficient (Wildman–Crippen LogP) is 3.24. The van der Waals surface area contributed by atoms with E-state index in [0.29, 0.717) is 0 Å². The van der Waals surface area contributed by atoms with E-state index in [1.54, 1.807) is 0 Å². The van der Waals surface area contributed by atoms with E-state index in [4.69, 9.17) is 4.74 Å². The molecule has 1 aromatic carbocycles. The molecule has 0 aliphatic heterocycles. The number of pyridine rings is 1. The molecule has 0 bridgehead atoms. The highest BCUT2D eigenvalue weighted by Crippen LogP contribution is 2.36. The first-order valence-electron chi connectivity index (χ1n) is 6.34. The van der Waals surface area contributed by atoms with Crippen LogP contribution in [0.25, 0.3) is 10.9 Å². The molecule has 130 valence electrons. The molecule has 1 heterocycles. The molecule has 24 heavy (non-hydrogen) atoms. The van der Waals surface area contributed by atoms with E-state index < -0.39 is 27.3 Å². The molecule has 6 nitrogen and oxygen atoms in total. The third kappa shape index (κ3) is 3.55. The van der Waals surface area contributed by atoms with Crippen LogP contribution < -0.4 is 4.18 Å². The lowest BCUT2D eigenvalue weighted by Gasteiger charge is -2.14. The minimum atomic E-state index is -5.90. The van der Waals surface area contributed by atoms with E-state index in [9.17, 15) is 26.4 Å². The zero-order valence-corrected chi connectivity index (χ0v) is 14.9. The SMILES string of the molecule is CCOC(=O)c1nc2ccccc2c(OS(=O)(=O)C(F)(F)F)c1I. The summed E-state index contributed by atoms with van der Waals surface area (Å²) in [6.45, 7) is 1.55. The lowest BCUT2D eigenvalue weighted by Crippen LogP contribution is -2.28. The van der Waals surface area contributed by atoms with Crippen LogP contribution in [0.1, 0.15) is 17.4 Å². The molecule has 2 aromatic rings. The second-order valence-electron chi connectivity index (χ2n) is 4.32. The van der Waals surface area contributed by atoms with Crippen molar-refractivity contribution in [2.45, 2.75) is 12.4 Å². The highest BCUT2D eigenvalue weighted by molar-refractivity contribution is 14.1. The Balaban J connectivity index is 2.71. The summed E-state index contributed by atoms with van der Waals surface area (Å²) in [5.74, 6) is -1.52. The van der Waals surface area contributed by atoms with Crippen LogP contribution in [0.4, 0.5) is 13.2 Å². The summed E-state index contributed by atoms with van der Waals surface area (Å²) < 4.78 is 69.3. The minimum Gasteiger partial charge on any atom is -0.461 e. The van der Waals surface area contributed by atoms with Crippen LogP contribution in [0.15, 0.2) is 24.3 Å². The van der Waals surface area contributed by atoms with Gasteiger partial charge in [0.25, 0.3) is 0 Å². The number of aromatic nitrogens is 1. The van der Waals surface area contributed by atoms with Gasteiger partial charge in [0.05, 0.1) is 15.7 Å². The minimum absolute atomic E-state index is 0.0143. The molecule has 0 N–H and O–H groups in total. The molecule has 0 spiro atoms. The fraction of sp³-hybridized carbons (Fsp3) is 0.231. The van der Waals surface area contributed by atoms with Gasteiger partial charge in [0.2, 0.25) is 0 Å². The molecule has 0 fully saturated rings. The van der Waals surface area contributed by atoms with E-state index in [2.05, 4.69) is 9.17 Å². The van der Waals surface area contributed by atoms with Crippen molar-refractivity contribution in [1.29, 1.82) is 0 Å². The molecule has 0 amide bonds.